The van der Waals surface area contributed by atoms with Gasteiger partial charge in [0, 0.05) is 6.92 Å². The molecule has 0 aromatic carbocycles. The zero-order chi connectivity index (χ0) is 14.7. The van der Waals surface area contributed by atoms with Gasteiger partial charge in [-0.25, -0.2) is 5.84 Å². The summed E-state index contributed by atoms with van der Waals surface area (Å²) in [5.41, 5.74) is 5.94. The Morgan fingerprint density at radius 2 is 1.58 bits per heavy atom. The Hall–Kier alpha value is -0.0836. The molecule has 0 aliphatic heterocycles. The number of aliphatic hydroxyl groups excluding tert-OH is 2. The molecule has 0 rings (SSSR count). The average Bonchev–Trinajstić information content (AvgIpc) is 2.25. The van der Waals surface area contributed by atoms with Crippen molar-refractivity contribution < 1.29 is 19.8 Å². The van der Waals surface area contributed by atoms with Crippen molar-refractivity contribution in [3.63, 3.8) is 0 Å². The van der Waals surface area contributed by atoms with E-state index in [1.807, 2.05) is 10.9 Å². The van der Waals surface area contributed by atoms with Crippen molar-refractivity contribution in [3.05, 3.63) is 0 Å². The van der Waals surface area contributed by atoms with Crippen LogP contribution in [0.2, 0.25) is 0 Å². The maximum absolute atomic E-state index is 11.0. The van der Waals surface area contributed by atoms with Crippen molar-refractivity contribution in [2.45, 2.75) is 19.9 Å². The van der Waals surface area contributed by atoms with Gasteiger partial charge in [0.05, 0.1) is 0 Å². The van der Waals surface area contributed by atoms with Crippen molar-refractivity contribution in [1.29, 1.82) is 0 Å². The first kappa shape index (κ1) is 24.0. The van der Waals surface area contributed by atoms with Gasteiger partial charge in [0.2, 0.25) is 5.91 Å². The molecule has 1 unspecified atom stereocenters. The number of aliphatic hydroxyl groups is 2. The number of rotatable bonds is 2. The fourth-order valence-electron chi connectivity index (χ4n) is 0.594. The van der Waals surface area contributed by atoms with Crippen LogP contribution in [0.1, 0.15) is 13.8 Å². The van der Waals surface area contributed by atoms with E-state index in [-0.39, 0.29) is 62.5 Å². The summed E-state index contributed by atoms with van der Waals surface area (Å²) in [7, 11) is 0. The Bertz CT molecular complexity index is 331. The number of nitrogens with two attached hydrogens (primary N) is 1. The van der Waals surface area contributed by atoms with Crippen LogP contribution in [0.15, 0.2) is 0 Å². The van der Waals surface area contributed by atoms with Crippen LogP contribution in [-0.2, 0) is 9.59 Å². The molecule has 0 saturated carbocycles. The van der Waals surface area contributed by atoms with Crippen LogP contribution >= 0.6 is 24.4 Å². The molecular weight excluding hydrogens is 321 g/mol. The van der Waals surface area contributed by atoms with Gasteiger partial charge < -0.3 is 15.5 Å². The van der Waals surface area contributed by atoms with Crippen molar-refractivity contribution in [1.82, 2.24) is 21.6 Å². The molecule has 0 aliphatic rings. The molecule has 1 atom stereocenters. The Kier molecular flexibility index (Phi) is 18.1. The number of thiocarbonyl (C=S) groups is 2. The molecule has 0 heterocycles. The minimum atomic E-state index is -0.681. The second-order valence-corrected chi connectivity index (χ2v) is 3.56. The van der Waals surface area contributed by atoms with E-state index in [1.165, 1.54) is 13.8 Å². The van der Waals surface area contributed by atoms with Gasteiger partial charge in [-0.05, 0) is 31.4 Å². The zero-order valence-electron chi connectivity index (χ0n) is 9.68. The van der Waals surface area contributed by atoms with E-state index in [9.17, 15) is 9.59 Å². The molecule has 12 heteroatoms. The van der Waals surface area contributed by atoms with E-state index in [4.69, 9.17) is 10.2 Å². The second kappa shape index (κ2) is 14.3. The van der Waals surface area contributed by atoms with E-state index in [0.29, 0.717) is 0 Å². The van der Waals surface area contributed by atoms with Crippen LogP contribution in [0.25, 0.3) is 0 Å². The van der Waals surface area contributed by atoms with Crippen LogP contribution in [0, 0.1) is 0 Å². The number of amides is 2. The molecule has 0 spiro atoms. The van der Waals surface area contributed by atoms with E-state index in [2.05, 4.69) is 41.0 Å². The Morgan fingerprint density at radius 3 is 1.84 bits per heavy atom. The molecule has 0 aromatic rings. The Labute approximate surface area is 163 Å². The predicted molar refractivity (Wildman–Crippen MR) is 79.5 cm³/mol. The predicted octanol–water partition coefficient (Wildman–Crippen LogP) is -2.38. The summed E-state index contributed by atoms with van der Waals surface area (Å²) in [4.78, 5) is 21.5. The summed E-state index contributed by atoms with van der Waals surface area (Å²) in [5.74, 6) is 3.73. The molecule has 0 aliphatic carbocycles. The van der Waals surface area contributed by atoms with Crippen LogP contribution in [0.5, 0.6) is 0 Å². The van der Waals surface area contributed by atoms with Gasteiger partial charge in [-0.15, -0.1) is 0 Å². The number of hydrogen-bond acceptors (Lipinski definition) is 5. The number of nitrogens with one attached hydrogen (secondary N) is 4. The third kappa shape index (κ3) is 20.4. The van der Waals surface area contributed by atoms with Gasteiger partial charge in [-0.1, -0.05) is 0 Å². The van der Waals surface area contributed by atoms with Gasteiger partial charge in [0.15, 0.2) is 0 Å². The van der Waals surface area contributed by atoms with Crippen LogP contribution < -0.4 is 27.4 Å². The van der Waals surface area contributed by atoms with E-state index in [0.717, 1.165) is 0 Å². The second-order valence-electron chi connectivity index (χ2n) is 2.79. The van der Waals surface area contributed by atoms with Gasteiger partial charge in [0.1, 0.15) is 6.04 Å². The summed E-state index contributed by atoms with van der Waals surface area (Å²) in [5, 5.41) is 17.8. The molecule has 19 heavy (non-hydrogen) atoms. The average molecular weight is 337 g/mol. The van der Waals surface area contributed by atoms with Crippen molar-refractivity contribution >= 4 is 98.0 Å². The van der Waals surface area contributed by atoms with Crippen LogP contribution in [0.4, 0.5) is 0 Å². The molecule has 0 bridgehead atoms. The normalized spacial score (nSPS) is 9.42. The number of hydrogen-bond donors (Lipinski definition) is 7. The van der Waals surface area contributed by atoms with Crippen molar-refractivity contribution in [2.24, 2.45) is 5.84 Å². The first-order chi connectivity index (χ1) is 8.20. The van der Waals surface area contributed by atoms with E-state index >= 15 is 0 Å². The first-order valence-electron chi connectivity index (χ1n) is 4.46. The molecule has 0 aromatic heterocycles. The third-order valence-corrected chi connectivity index (χ3v) is 1.45. The van der Waals surface area contributed by atoms with Gasteiger partial charge in [-0.3, -0.25) is 25.9 Å². The quantitative estimate of drug-likeness (QED) is 0.127. The molecule has 8 N–H and O–H groups in total. The van der Waals surface area contributed by atoms with E-state index in [1.54, 1.807) is 0 Å². The van der Waals surface area contributed by atoms with Crippen LogP contribution in [0.3, 0.4) is 0 Å². The molecule has 0 radical (unpaired) electrons. The first-order valence-corrected chi connectivity index (χ1v) is 5.27. The third-order valence-electron chi connectivity index (χ3n) is 1.23. The molecule has 0 fully saturated rings. The molecule has 2 amide bonds. The van der Waals surface area contributed by atoms with Crippen LogP contribution in [-0.4, -0.2) is 89.8 Å². The summed E-state index contributed by atoms with van der Waals surface area (Å²) in [6, 6.07) is -0.681. The standard InChI is InChI=1S/C6H11N3O3S.CH4N2OS.K.H/c1-3(7-4(2)10)5(11)8-9-6(12)13;2-3-1(4)5;;/h3H,1-2H3,(H,7,10)(H,8,11)(H2,9,12,13);2H2,(H2,3,4,5);;. The number of hydrazine groups is 2. The monoisotopic (exact) mass is 337 g/mol. The molecule has 9 nitrogen and oxygen atoms in total. The molecule has 0 saturated heterocycles. The number of carbonyl (C=O) groups excluding carboxylic acids is 2. The fourth-order valence-corrected chi connectivity index (χ4v) is 0.645. The van der Waals surface area contributed by atoms with Crippen molar-refractivity contribution in [3.8, 4) is 0 Å². The maximum atomic E-state index is 11.0. The number of carbonyl (C=O) groups is 2. The minimum absolute atomic E-state index is 0. The zero-order valence-corrected chi connectivity index (χ0v) is 11.3. The van der Waals surface area contributed by atoms with Gasteiger partial charge in [0.25, 0.3) is 16.3 Å². The Morgan fingerprint density at radius 1 is 1.16 bits per heavy atom. The topological polar surface area (TPSA) is 149 Å². The molecule has 106 valence electrons. The fraction of sp³-hybridized carbons (Fsp3) is 0.429. The summed E-state index contributed by atoms with van der Waals surface area (Å²) < 4.78 is 0. The van der Waals surface area contributed by atoms with Gasteiger partial charge in [-0.2, -0.15) is 0 Å². The molecular formula is C7H16KN5O4S2. The Balaban J connectivity index is -0.000000366. The SMILES string of the molecule is CC(=O)NC(C)C(=O)NNC(O)=S.NNC(O)=S.[KH]. The van der Waals surface area contributed by atoms with Gasteiger partial charge >= 0.3 is 51.4 Å². The summed E-state index contributed by atoms with van der Waals surface area (Å²) >= 11 is 8.25. The van der Waals surface area contributed by atoms with E-state index < -0.39 is 17.1 Å². The summed E-state index contributed by atoms with van der Waals surface area (Å²) in [6.45, 7) is 2.80. The summed E-state index contributed by atoms with van der Waals surface area (Å²) in [6.07, 6.45) is 0. The van der Waals surface area contributed by atoms with Crippen molar-refractivity contribution in [2.75, 3.05) is 0 Å².